The van der Waals surface area contributed by atoms with Gasteiger partial charge in [-0.3, -0.25) is 4.90 Å². The van der Waals surface area contributed by atoms with Gasteiger partial charge in [-0.1, -0.05) is 35.9 Å². The van der Waals surface area contributed by atoms with E-state index < -0.39 is 18.0 Å². The number of nitrogens with zero attached hydrogens (tertiary/aromatic N) is 1. The van der Waals surface area contributed by atoms with E-state index in [1.807, 2.05) is 49.4 Å². The van der Waals surface area contributed by atoms with Crippen LogP contribution in [0.25, 0.3) is 0 Å². The van der Waals surface area contributed by atoms with Gasteiger partial charge < -0.3 is 30.0 Å². The number of fused-ring (bicyclic) bond motifs is 1. The Morgan fingerprint density at radius 1 is 1.28 bits per heavy atom. The van der Waals surface area contributed by atoms with E-state index in [1.54, 1.807) is 0 Å². The summed E-state index contributed by atoms with van der Waals surface area (Å²) in [5.74, 6) is -2.62. The summed E-state index contributed by atoms with van der Waals surface area (Å²) in [5.41, 5.74) is 4.03. The molecule has 0 aromatic heterocycles. The van der Waals surface area contributed by atoms with Crippen molar-refractivity contribution < 1.29 is 39.7 Å². The summed E-state index contributed by atoms with van der Waals surface area (Å²) in [6.45, 7) is 6.25. The molecule has 3 rings (SSSR count). The van der Waals surface area contributed by atoms with Gasteiger partial charge in [0.1, 0.15) is 37.3 Å². The Balaban J connectivity index is 0.000000534. The molecule has 2 aromatic carbocycles. The number of aryl methyl sites for hydroxylation is 1. The lowest BCUT2D eigenvalue weighted by Gasteiger charge is -2.19. The Morgan fingerprint density at radius 3 is 2.59 bits per heavy atom. The lowest BCUT2D eigenvalue weighted by atomic mass is 10.1. The lowest BCUT2D eigenvalue weighted by Crippen LogP contribution is -3.10. The van der Waals surface area contributed by atoms with Gasteiger partial charge >= 0.3 is 5.97 Å². The number of quaternary nitrogens is 1. The first-order chi connectivity index (χ1) is 15.3. The van der Waals surface area contributed by atoms with Crippen molar-refractivity contribution in [3.05, 3.63) is 66.2 Å². The van der Waals surface area contributed by atoms with Gasteiger partial charge in [-0.15, -0.1) is 6.58 Å². The van der Waals surface area contributed by atoms with E-state index in [-0.39, 0.29) is 13.2 Å². The van der Waals surface area contributed by atoms with Crippen LogP contribution in [0.2, 0.25) is 0 Å². The quantitative estimate of drug-likeness (QED) is 0.320. The molecule has 0 saturated carbocycles. The van der Waals surface area contributed by atoms with E-state index in [1.165, 1.54) is 0 Å². The number of benzene rings is 2. The van der Waals surface area contributed by atoms with Crippen LogP contribution in [0, 0.1) is 6.92 Å². The molecule has 4 N–H and O–H groups in total. The molecule has 0 saturated heterocycles. The minimum absolute atomic E-state index is 0.140. The van der Waals surface area contributed by atoms with Crippen molar-refractivity contribution in [2.75, 3.05) is 19.8 Å². The van der Waals surface area contributed by atoms with E-state index in [4.69, 9.17) is 24.5 Å². The fraction of sp³-hybridized carbons (Fsp3) is 0.261. The highest BCUT2D eigenvalue weighted by molar-refractivity contribution is 6.26. The number of aliphatic carboxylic acids is 2. The number of rotatable bonds is 8. The fourth-order valence-corrected chi connectivity index (χ4v) is 3.20. The van der Waals surface area contributed by atoms with Gasteiger partial charge in [-0.05, 0) is 31.0 Å². The van der Waals surface area contributed by atoms with Crippen LogP contribution in [0.15, 0.2) is 60.1 Å². The standard InChI is InChI=1S/C21H24N2O3.C2H2O4/c1-3-6-16-11-15(2)9-10-20(16)26-14-17(25)12-23-19-8-5-4-7-18(19)22-21(23)13-24;3-1(4)2(5)6/h3-5,7-11,17,24-25H,1,6,12-14H2,2H3;(H,3,4)(H,5,6). The van der Waals surface area contributed by atoms with Crippen LogP contribution in [0.4, 0.5) is 11.4 Å². The molecule has 1 aliphatic heterocycles. The Kier molecular flexibility index (Phi) is 9.08. The summed E-state index contributed by atoms with van der Waals surface area (Å²) in [7, 11) is 0. The van der Waals surface area contributed by atoms with Crippen LogP contribution in [-0.2, 0) is 16.0 Å². The van der Waals surface area contributed by atoms with Crippen LogP contribution < -0.4 is 14.7 Å². The van der Waals surface area contributed by atoms with Crippen molar-refractivity contribution in [1.29, 1.82) is 0 Å². The average Bonchev–Trinajstić information content (AvgIpc) is 3.11. The Morgan fingerprint density at radius 2 is 1.97 bits per heavy atom. The zero-order valence-corrected chi connectivity index (χ0v) is 17.7. The highest BCUT2D eigenvalue weighted by atomic mass is 16.5. The summed E-state index contributed by atoms with van der Waals surface area (Å²) in [5, 5.41) is 36.4. The monoisotopic (exact) mass is 442 g/mol. The van der Waals surface area contributed by atoms with E-state index >= 15 is 0 Å². The second kappa shape index (κ2) is 11.8. The molecule has 1 aliphatic rings. The van der Waals surface area contributed by atoms with Crippen molar-refractivity contribution in [2.45, 2.75) is 19.4 Å². The number of aliphatic hydroxyl groups is 2. The number of hydrogen-bond donors (Lipinski definition) is 4. The summed E-state index contributed by atoms with van der Waals surface area (Å²) in [4.78, 5) is 23.3. The molecule has 0 radical (unpaired) electrons. The number of amidine groups is 1. The largest absolute Gasteiger partial charge is 0.539 e. The number of ether oxygens (including phenoxy) is 1. The molecule has 2 unspecified atom stereocenters. The number of carboxylic acids is 2. The second-order valence-electron chi connectivity index (χ2n) is 7.08. The van der Waals surface area contributed by atoms with Gasteiger partial charge in [0.15, 0.2) is 11.7 Å². The first-order valence-corrected chi connectivity index (χ1v) is 9.86. The molecule has 9 heteroatoms. The van der Waals surface area contributed by atoms with Crippen LogP contribution in [-0.4, -0.2) is 59.0 Å². The normalized spacial score (nSPS) is 15.0. The highest BCUT2D eigenvalue weighted by Gasteiger charge is 2.31. The number of allylic oxidation sites excluding steroid dienone is 1. The third-order valence-electron chi connectivity index (χ3n) is 4.61. The molecule has 9 nitrogen and oxygen atoms in total. The second-order valence-corrected chi connectivity index (χ2v) is 7.08. The molecule has 0 fully saturated rings. The number of carboxylic acid groups (broad SMARTS) is 2. The minimum atomic E-state index is -2.07. The van der Waals surface area contributed by atoms with Crippen LogP contribution >= 0.6 is 0 Å². The SMILES string of the molecule is C=CCc1cc(C)ccc1OCC(O)C[NH+]1C(CO)=Nc2ccccc21.O=C([O-])C(=O)O. The number of carbonyl (C=O) groups excluding carboxylic acids is 1. The maximum absolute atomic E-state index is 10.5. The van der Waals surface area contributed by atoms with Crippen LogP contribution in [0.1, 0.15) is 11.1 Å². The van der Waals surface area contributed by atoms with E-state index in [0.717, 1.165) is 39.6 Å². The lowest BCUT2D eigenvalue weighted by molar-refractivity contribution is -0.735. The first kappa shape index (κ1) is 24.7. The molecule has 0 amide bonds. The number of aliphatic hydroxyl groups excluding tert-OH is 2. The summed E-state index contributed by atoms with van der Waals surface area (Å²) < 4.78 is 5.86. The summed E-state index contributed by atoms with van der Waals surface area (Å²) >= 11 is 0. The third-order valence-corrected chi connectivity index (χ3v) is 4.61. The van der Waals surface area contributed by atoms with Gasteiger partial charge in [0.2, 0.25) is 5.84 Å². The minimum Gasteiger partial charge on any atom is -0.539 e. The van der Waals surface area contributed by atoms with Crippen molar-refractivity contribution >= 4 is 29.1 Å². The molecule has 2 atom stereocenters. The first-order valence-electron chi connectivity index (χ1n) is 9.86. The average molecular weight is 442 g/mol. The van der Waals surface area contributed by atoms with Gasteiger partial charge in [0.25, 0.3) is 0 Å². The van der Waals surface area contributed by atoms with E-state index in [2.05, 4.69) is 17.6 Å². The fourth-order valence-electron chi connectivity index (χ4n) is 3.20. The number of hydrogen-bond acceptors (Lipinski definition) is 7. The number of aliphatic imine (C=N–C) groups is 1. The Bertz CT molecular complexity index is 992. The van der Waals surface area contributed by atoms with Crippen molar-refractivity contribution in [1.82, 2.24) is 0 Å². The van der Waals surface area contributed by atoms with Gasteiger partial charge in [-0.2, -0.15) is 4.99 Å². The van der Waals surface area contributed by atoms with Gasteiger partial charge in [0, 0.05) is 6.07 Å². The van der Waals surface area contributed by atoms with Crippen molar-refractivity contribution in [3.8, 4) is 5.75 Å². The molecule has 1 heterocycles. The number of nitrogens with one attached hydrogen (secondary N) is 1. The van der Waals surface area contributed by atoms with Crippen LogP contribution in [0.3, 0.4) is 0 Å². The predicted molar refractivity (Wildman–Crippen MR) is 115 cm³/mol. The predicted octanol–water partition coefficient (Wildman–Crippen LogP) is -0.463. The van der Waals surface area contributed by atoms with Crippen molar-refractivity contribution in [2.24, 2.45) is 4.99 Å². The number of para-hydroxylation sites is 2. The molecule has 0 spiro atoms. The molecule has 2 aromatic rings. The van der Waals surface area contributed by atoms with Gasteiger partial charge in [0.05, 0.1) is 0 Å². The smallest absolute Gasteiger partial charge is 0.351 e. The number of carbonyl (C=O) groups is 2. The molecular formula is C23H26N2O7. The summed E-state index contributed by atoms with van der Waals surface area (Å²) in [6, 6.07) is 13.7. The Hall–Kier alpha value is -3.53. The van der Waals surface area contributed by atoms with Crippen molar-refractivity contribution in [3.63, 3.8) is 0 Å². The molecule has 32 heavy (non-hydrogen) atoms. The molecule has 0 aliphatic carbocycles. The molecular weight excluding hydrogens is 416 g/mol. The van der Waals surface area contributed by atoms with Gasteiger partial charge in [-0.25, -0.2) is 4.79 Å². The van der Waals surface area contributed by atoms with E-state index in [9.17, 15) is 10.2 Å². The Labute approximate surface area is 185 Å². The summed E-state index contributed by atoms with van der Waals surface area (Å²) in [6.07, 6.45) is 1.87. The van der Waals surface area contributed by atoms with E-state index in [0.29, 0.717) is 12.4 Å². The maximum atomic E-state index is 10.5. The maximum Gasteiger partial charge on any atom is 0.351 e. The zero-order chi connectivity index (χ0) is 23.7. The third kappa shape index (κ3) is 6.74. The zero-order valence-electron chi connectivity index (χ0n) is 17.7. The van der Waals surface area contributed by atoms with Crippen LogP contribution in [0.5, 0.6) is 5.75 Å². The molecule has 170 valence electrons. The highest BCUT2D eigenvalue weighted by Crippen LogP contribution is 2.24. The molecule has 0 bridgehead atoms. The topological polar surface area (TPSA) is 144 Å².